The molecular weight excluding hydrogens is 292 g/mol. The van der Waals surface area contributed by atoms with Crippen LogP contribution < -0.4 is 0 Å². The molecule has 6 nitrogen and oxygen atoms in total. The van der Waals surface area contributed by atoms with Gasteiger partial charge in [-0.05, 0) is 25.0 Å². The number of nitrogens with zero attached hydrogens (tertiary/aromatic N) is 4. The molecule has 2 aromatic heterocycles. The predicted molar refractivity (Wildman–Crippen MR) is 76.8 cm³/mol. The summed E-state index contributed by atoms with van der Waals surface area (Å²) in [6, 6.07) is 3.37. The van der Waals surface area contributed by atoms with E-state index in [9.17, 15) is 4.79 Å². The molecule has 3 rings (SSSR count). The second-order valence-electron chi connectivity index (χ2n) is 5.34. The molecule has 0 amide bonds. The Morgan fingerprint density at radius 2 is 2.00 bits per heavy atom. The van der Waals surface area contributed by atoms with E-state index >= 15 is 0 Å². The maximum atomic E-state index is 12.1. The molecule has 0 bridgehead atoms. The number of carbonyl (C=O) groups is 1. The quantitative estimate of drug-likeness (QED) is 0.644. The molecule has 0 spiro atoms. The third kappa shape index (κ3) is 3.32. The Labute approximate surface area is 127 Å². The minimum atomic E-state index is -0.143. The summed E-state index contributed by atoms with van der Waals surface area (Å²) in [4.78, 5) is 12.1. The third-order valence-electron chi connectivity index (χ3n) is 3.83. The zero-order chi connectivity index (χ0) is 14.7. The van der Waals surface area contributed by atoms with Gasteiger partial charge in [0.25, 0.3) is 0 Å². The number of carbonyl (C=O) groups excluding carboxylic acids is 1. The minimum Gasteiger partial charge on any atom is -0.457 e. The van der Waals surface area contributed by atoms with Crippen LogP contribution in [0.2, 0.25) is 5.15 Å². The van der Waals surface area contributed by atoms with E-state index in [1.54, 1.807) is 12.1 Å². The average molecular weight is 309 g/mol. The van der Waals surface area contributed by atoms with Crippen molar-refractivity contribution in [3.05, 3.63) is 23.1 Å². The van der Waals surface area contributed by atoms with Gasteiger partial charge < -0.3 is 4.74 Å². The summed E-state index contributed by atoms with van der Waals surface area (Å²) in [5.41, 5.74) is 0.583. The second-order valence-corrected chi connectivity index (χ2v) is 5.73. The molecule has 2 heterocycles. The number of rotatable bonds is 3. The molecule has 2 aromatic rings. The highest BCUT2D eigenvalue weighted by molar-refractivity contribution is 6.29. The standard InChI is InChI=1S/C14H17ClN4O2/c15-11-7-8-12-16-17-13(19(12)18-11)9-21-14(20)10-5-3-1-2-4-6-10/h7-8,10H,1-6,9H2. The molecule has 1 fully saturated rings. The molecule has 0 N–H and O–H groups in total. The highest BCUT2D eigenvalue weighted by Crippen LogP contribution is 2.24. The van der Waals surface area contributed by atoms with Gasteiger partial charge in [0.15, 0.2) is 18.1 Å². The van der Waals surface area contributed by atoms with Crippen LogP contribution in [-0.4, -0.2) is 25.8 Å². The van der Waals surface area contributed by atoms with E-state index in [-0.39, 0.29) is 18.5 Å². The summed E-state index contributed by atoms with van der Waals surface area (Å²) in [5, 5.41) is 12.4. The molecule has 0 saturated heterocycles. The number of hydrogen-bond donors (Lipinski definition) is 0. The summed E-state index contributed by atoms with van der Waals surface area (Å²) in [6.45, 7) is 0.0733. The van der Waals surface area contributed by atoms with Crippen LogP contribution in [-0.2, 0) is 16.1 Å². The zero-order valence-electron chi connectivity index (χ0n) is 11.7. The van der Waals surface area contributed by atoms with Crippen molar-refractivity contribution < 1.29 is 9.53 Å². The van der Waals surface area contributed by atoms with Gasteiger partial charge >= 0.3 is 5.97 Å². The minimum absolute atomic E-state index is 0.0169. The van der Waals surface area contributed by atoms with Crippen LogP contribution in [0.5, 0.6) is 0 Å². The molecule has 1 saturated carbocycles. The van der Waals surface area contributed by atoms with Crippen LogP contribution in [0.1, 0.15) is 44.3 Å². The highest BCUT2D eigenvalue weighted by atomic mass is 35.5. The Morgan fingerprint density at radius 3 is 2.76 bits per heavy atom. The van der Waals surface area contributed by atoms with Crippen molar-refractivity contribution in [1.29, 1.82) is 0 Å². The van der Waals surface area contributed by atoms with Gasteiger partial charge in [0.2, 0.25) is 0 Å². The Balaban J connectivity index is 1.65. The normalized spacial score (nSPS) is 16.8. The molecule has 0 radical (unpaired) electrons. The average Bonchev–Trinajstić information content (AvgIpc) is 2.71. The van der Waals surface area contributed by atoms with E-state index in [4.69, 9.17) is 16.3 Å². The molecule has 0 aliphatic heterocycles. The highest BCUT2D eigenvalue weighted by Gasteiger charge is 2.22. The van der Waals surface area contributed by atoms with Crippen LogP contribution in [0.4, 0.5) is 0 Å². The molecule has 7 heteroatoms. The topological polar surface area (TPSA) is 69.4 Å². The largest absolute Gasteiger partial charge is 0.457 e. The fourth-order valence-corrected chi connectivity index (χ4v) is 2.81. The van der Waals surface area contributed by atoms with Crippen molar-refractivity contribution in [3.63, 3.8) is 0 Å². The van der Waals surface area contributed by atoms with Gasteiger partial charge in [-0.2, -0.15) is 9.61 Å². The maximum absolute atomic E-state index is 12.1. The lowest BCUT2D eigenvalue weighted by molar-refractivity contribution is -0.150. The van der Waals surface area contributed by atoms with E-state index in [2.05, 4.69) is 15.3 Å². The molecule has 1 aliphatic carbocycles. The van der Waals surface area contributed by atoms with Crippen molar-refractivity contribution in [2.45, 2.75) is 45.1 Å². The van der Waals surface area contributed by atoms with Gasteiger partial charge in [-0.1, -0.05) is 37.3 Å². The lowest BCUT2D eigenvalue weighted by Gasteiger charge is -2.12. The first-order chi connectivity index (χ1) is 10.2. The molecule has 0 unspecified atom stereocenters. The first-order valence-electron chi connectivity index (χ1n) is 7.27. The van der Waals surface area contributed by atoms with E-state index in [0.29, 0.717) is 16.6 Å². The Kier molecular flexibility index (Phi) is 4.34. The number of aromatic nitrogens is 4. The molecule has 0 aromatic carbocycles. The smallest absolute Gasteiger partial charge is 0.309 e. The van der Waals surface area contributed by atoms with Gasteiger partial charge in [-0.25, -0.2) is 0 Å². The van der Waals surface area contributed by atoms with Crippen molar-refractivity contribution in [1.82, 2.24) is 19.8 Å². The SMILES string of the molecule is O=C(OCc1nnc2ccc(Cl)nn12)C1CCCCCC1. The first-order valence-corrected chi connectivity index (χ1v) is 7.65. The van der Waals surface area contributed by atoms with Gasteiger partial charge in [-0.15, -0.1) is 10.2 Å². The Bertz CT molecular complexity index is 635. The van der Waals surface area contributed by atoms with E-state index in [1.807, 2.05) is 0 Å². The number of esters is 1. The van der Waals surface area contributed by atoms with E-state index in [1.165, 1.54) is 17.4 Å². The van der Waals surface area contributed by atoms with Crippen molar-refractivity contribution in [3.8, 4) is 0 Å². The monoisotopic (exact) mass is 308 g/mol. The summed E-state index contributed by atoms with van der Waals surface area (Å²) >= 11 is 5.85. The molecule has 0 atom stereocenters. The van der Waals surface area contributed by atoms with Gasteiger partial charge in [-0.3, -0.25) is 4.79 Å². The number of halogens is 1. The summed E-state index contributed by atoms with van der Waals surface area (Å²) in [7, 11) is 0. The van der Waals surface area contributed by atoms with Crippen LogP contribution in [0.25, 0.3) is 5.65 Å². The van der Waals surface area contributed by atoms with Crippen LogP contribution >= 0.6 is 11.6 Å². The summed E-state index contributed by atoms with van der Waals surface area (Å²) in [5.74, 6) is 0.355. The lowest BCUT2D eigenvalue weighted by Crippen LogP contribution is -2.18. The Hall–Kier alpha value is -1.69. The second kappa shape index (κ2) is 6.39. The van der Waals surface area contributed by atoms with Crippen LogP contribution in [0.15, 0.2) is 12.1 Å². The third-order valence-corrected chi connectivity index (χ3v) is 4.03. The first kappa shape index (κ1) is 14.3. The summed E-state index contributed by atoms with van der Waals surface area (Å²) < 4.78 is 6.89. The van der Waals surface area contributed by atoms with Gasteiger partial charge in [0.05, 0.1) is 5.92 Å². The fraction of sp³-hybridized carbons (Fsp3) is 0.571. The zero-order valence-corrected chi connectivity index (χ0v) is 12.4. The van der Waals surface area contributed by atoms with Crippen LogP contribution in [0.3, 0.4) is 0 Å². The van der Waals surface area contributed by atoms with Crippen LogP contribution in [0, 0.1) is 5.92 Å². The lowest BCUT2D eigenvalue weighted by atomic mass is 10.0. The van der Waals surface area contributed by atoms with Gasteiger partial charge in [0.1, 0.15) is 5.15 Å². The molecular formula is C14H17ClN4O2. The molecule has 1 aliphatic rings. The Morgan fingerprint density at radius 1 is 1.24 bits per heavy atom. The number of fused-ring (bicyclic) bond motifs is 1. The van der Waals surface area contributed by atoms with Crippen molar-refractivity contribution >= 4 is 23.2 Å². The maximum Gasteiger partial charge on any atom is 0.309 e. The molecule has 112 valence electrons. The van der Waals surface area contributed by atoms with E-state index < -0.39 is 0 Å². The molecule has 21 heavy (non-hydrogen) atoms. The predicted octanol–water partition coefficient (Wildman–Crippen LogP) is 2.79. The number of ether oxygens (including phenoxy) is 1. The van der Waals surface area contributed by atoms with E-state index in [0.717, 1.165) is 25.7 Å². The van der Waals surface area contributed by atoms with Gasteiger partial charge in [0, 0.05) is 0 Å². The van der Waals surface area contributed by atoms with Crippen molar-refractivity contribution in [2.75, 3.05) is 0 Å². The van der Waals surface area contributed by atoms with Crippen molar-refractivity contribution in [2.24, 2.45) is 5.92 Å². The summed E-state index contributed by atoms with van der Waals surface area (Å²) in [6.07, 6.45) is 6.46. The number of hydrogen-bond acceptors (Lipinski definition) is 5. The fourth-order valence-electron chi connectivity index (χ4n) is 2.67.